The summed E-state index contributed by atoms with van der Waals surface area (Å²) in [6, 6.07) is 17.7. The molecule has 4 rings (SSSR count). The summed E-state index contributed by atoms with van der Waals surface area (Å²) in [5, 5.41) is 9.44. The van der Waals surface area contributed by atoms with Crippen LogP contribution in [0.4, 0.5) is 0 Å². The van der Waals surface area contributed by atoms with Crippen molar-refractivity contribution in [2.75, 3.05) is 0 Å². The minimum atomic E-state index is 0.381. The summed E-state index contributed by atoms with van der Waals surface area (Å²) in [5.74, 6) is 0.592. The van der Waals surface area contributed by atoms with E-state index in [9.17, 15) is 5.26 Å². The molecule has 1 aliphatic carbocycles. The Morgan fingerprint density at radius 3 is 2.76 bits per heavy atom. The number of rotatable bonds is 4. The summed E-state index contributed by atoms with van der Waals surface area (Å²) in [6.45, 7) is 0.381. The SMILES string of the molecule is N#Cc1ccccc1-c1cc(OCc2ccccn2)nc2c1CCC2. The molecule has 0 saturated heterocycles. The van der Waals surface area contributed by atoms with Gasteiger partial charge in [-0.25, -0.2) is 4.98 Å². The molecule has 0 spiro atoms. The number of fused-ring (bicyclic) bond motifs is 1. The number of ether oxygens (including phenoxy) is 1. The van der Waals surface area contributed by atoms with Gasteiger partial charge in [0.05, 0.1) is 17.3 Å². The molecule has 4 heteroatoms. The summed E-state index contributed by atoms with van der Waals surface area (Å²) in [5.41, 5.74) is 5.89. The van der Waals surface area contributed by atoms with Crippen molar-refractivity contribution in [3.8, 4) is 23.1 Å². The van der Waals surface area contributed by atoms with Crippen LogP contribution in [0.15, 0.2) is 54.7 Å². The maximum atomic E-state index is 9.44. The van der Waals surface area contributed by atoms with Crippen molar-refractivity contribution in [3.05, 3.63) is 77.2 Å². The lowest BCUT2D eigenvalue weighted by Gasteiger charge is -2.13. The Labute approximate surface area is 146 Å². The highest BCUT2D eigenvalue weighted by atomic mass is 16.5. The number of pyridine rings is 2. The molecule has 0 aliphatic heterocycles. The quantitative estimate of drug-likeness (QED) is 0.724. The molecule has 0 fully saturated rings. The number of aryl methyl sites for hydroxylation is 1. The molecule has 2 aromatic heterocycles. The smallest absolute Gasteiger partial charge is 0.214 e. The van der Waals surface area contributed by atoms with E-state index in [4.69, 9.17) is 4.74 Å². The van der Waals surface area contributed by atoms with Crippen molar-refractivity contribution >= 4 is 0 Å². The zero-order chi connectivity index (χ0) is 17.1. The highest BCUT2D eigenvalue weighted by Gasteiger charge is 2.20. The average molecular weight is 327 g/mol. The third kappa shape index (κ3) is 3.09. The molecule has 25 heavy (non-hydrogen) atoms. The van der Waals surface area contributed by atoms with Crippen LogP contribution in [0.3, 0.4) is 0 Å². The first-order valence-corrected chi connectivity index (χ1v) is 8.40. The molecule has 0 saturated carbocycles. The third-order valence-electron chi connectivity index (χ3n) is 4.46. The zero-order valence-electron chi connectivity index (χ0n) is 13.8. The second-order valence-corrected chi connectivity index (χ2v) is 6.05. The lowest BCUT2D eigenvalue weighted by molar-refractivity contribution is 0.288. The van der Waals surface area contributed by atoms with Crippen molar-refractivity contribution < 1.29 is 4.74 Å². The number of nitrogens with zero attached hydrogens (tertiary/aromatic N) is 3. The summed E-state index contributed by atoms with van der Waals surface area (Å²) in [4.78, 5) is 8.96. The molecule has 2 heterocycles. The summed E-state index contributed by atoms with van der Waals surface area (Å²) in [7, 11) is 0. The first-order chi connectivity index (χ1) is 12.3. The fourth-order valence-corrected chi connectivity index (χ4v) is 3.28. The molecule has 0 amide bonds. The fraction of sp³-hybridized carbons (Fsp3) is 0.190. The molecule has 122 valence electrons. The van der Waals surface area contributed by atoms with E-state index in [2.05, 4.69) is 16.0 Å². The number of aromatic nitrogens is 2. The van der Waals surface area contributed by atoms with Crippen LogP contribution < -0.4 is 4.74 Å². The summed E-state index contributed by atoms with van der Waals surface area (Å²) >= 11 is 0. The third-order valence-corrected chi connectivity index (χ3v) is 4.46. The maximum Gasteiger partial charge on any atom is 0.214 e. The van der Waals surface area contributed by atoms with Crippen LogP contribution in [0.25, 0.3) is 11.1 Å². The minimum Gasteiger partial charge on any atom is -0.471 e. The van der Waals surface area contributed by atoms with Gasteiger partial charge in [0.15, 0.2) is 0 Å². The van der Waals surface area contributed by atoms with Crippen molar-refractivity contribution in [2.45, 2.75) is 25.9 Å². The molecule has 0 atom stereocenters. The van der Waals surface area contributed by atoms with Gasteiger partial charge >= 0.3 is 0 Å². The van der Waals surface area contributed by atoms with Crippen LogP contribution in [0.1, 0.15) is 28.9 Å². The Hall–Kier alpha value is -3.19. The van der Waals surface area contributed by atoms with Gasteiger partial charge in [0, 0.05) is 18.0 Å². The van der Waals surface area contributed by atoms with E-state index in [1.165, 1.54) is 5.56 Å². The van der Waals surface area contributed by atoms with E-state index in [1.54, 1.807) is 6.20 Å². The lowest BCUT2D eigenvalue weighted by Crippen LogP contribution is -2.02. The van der Waals surface area contributed by atoms with E-state index in [0.717, 1.165) is 41.8 Å². The average Bonchev–Trinajstić information content (AvgIpc) is 3.15. The van der Waals surface area contributed by atoms with Crippen molar-refractivity contribution in [1.29, 1.82) is 5.26 Å². The van der Waals surface area contributed by atoms with Crippen LogP contribution in [-0.4, -0.2) is 9.97 Å². The van der Waals surface area contributed by atoms with Crippen molar-refractivity contribution in [3.63, 3.8) is 0 Å². The maximum absolute atomic E-state index is 9.44. The van der Waals surface area contributed by atoms with Gasteiger partial charge in [-0.2, -0.15) is 5.26 Å². The minimum absolute atomic E-state index is 0.381. The summed E-state index contributed by atoms with van der Waals surface area (Å²) in [6.07, 6.45) is 4.80. The largest absolute Gasteiger partial charge is 0.471 e. The van der Waals surface area contributed by atoms with Gasteiger partial charge in [-0.1, -0.05) is 24.3 Å². The molecule has 3 aromatic rings. The van der Waals surface area contributed by atoms with Crippen LogP contribution in [0, 0.1) is 11.3 Å². The van der Waals surface area contributed by atoms with E-state index >= 15 is 0 Å². The van der Waals surface area contributed by atoms with E-state index in [-0.39, 0.29) is 0 Å². The van der Waals surface area contributed by atoms with Gasteiger partial charge in [-0.15, -0.1) is 0 Å². The Bertz CT molecular complexity index is 945. The monoisotopic (exact) mass is 327 g/mol. The molecule has 0 radical (unpaired) electrons. The second kappa shape index (κ2) is 6.74. The standard InChI is InChI=1S/C21H17N3O/c22-13-15-6-1-2-8-17(15)19-12-21(24-20-10-5-9-18(19)20)25-14-16-7-3-4-11-23-16/h1-4,6-8,11-12H,5,9-10,14H2. The number of nitriles is 1. The fourth-order valence-electron chi connectivity index (χ4n) is 3.28. The van der Waals surface area contributed by atoms with E-state index in [0.29, 0.717) is 18.1 Å². The Morgan fingerprint density at radius 2 is 1.92 bits per heavy atom. The van der Waals surface area contributed by atoms with Crippen LogP contribution in [0.2, 0.25) is 0 Å². The molecule has 0 bridgehead atoms. The second-order valence-electron chi connectivity index (χ2n) is 6.05. The van der Waals surface area contributed by atoms with Gasteiger partial charge in [0.25, 0.3) is 0 Å². The zero-order valence-corrected chi connectivity index (χ0v) is 13.8. The van der Waals surface area contributed by atoms with Gasteiger partial charge in [0.2, 0.25) is 5.88 Å². The predicted octanol–water partition coefficient (Wildman–Crippen LogP) is 4.08. The first-order valence-electron chi connectivity index (χ1n) is 8.40. The van der Waals surface area contributed by atoms with Gasteiger partial charge in [-0.3, -0.25) is 4.98 Å². The lowest BCUT2D eigenvalue weighted by atomic mass is 9.96. The van der Waals surface area contributed by atoms with E-state index in [1.807, 2.05) is 48.5 Å². The Morgan fingerprint density at radius 1 is 1.04 bits per heavy atom. The van der Waals surface area contributed by atoms with Gasteiger partial charge in [-0.05, 0) is 54.2 Å². The molecule has 0 N–H and O–H groups in total. The molecule has 0 unspecified atom stereocenters. The van der Waals surface area contributed by atoms with Gasteiger partial charge in [0.1, 0.15) is 6.61 Å². The Kier molecular flexibility index (Phi) is 4.14. The molecular weight excluding hydrogens is 310 g/mol. The van der Waals surface area contributed by atoms with Crippen LogP contribution in [0.5, 0.6) is 5.88 Å². The van der Waals surface area contributed by atoms with Crippen LogP contribution >= 0.6 is 0 Å². The highest BCUT2D eigenvalue weighted by Crippen LogP contribution is 2.35. The van der Waals surface area contributed by atoms with Crippen molar-refractivity contribution in [2.24, 2.45) is 0 Å². The van der Waals surface area contributed by atoms with Crippen molar-refractivity contribution in [1.82, 2.24) is 9.97 Å². The first kappa shape index (κ1) is 15.3. The molecule has 1 aromatic carbocycles. The number of benzene rings is 1. The Balaban J connectivity index is 1.72. The number of hydrogen-bond acceptors (Lipinski definition) is 4. The normalized spacial score (nSPS) is 12.4. The van der Waals surface area contributed by atoms with Gasteiger partial charge < -0.3 is 4.74 Å². The number of hydrogen-bond donors (Lipinski definition) is 0. The van der Waals surface area contributed by atoms with E-state index < -0.39 is 0 Å². The highest BCUT2D eigenvalue weighted by molar-refractivity contribution is 5.75. The van der Waals surface area contributed by atoms with Crippen LogP contribution in [-0.2, 0) is 19.4 Å². The molecular formula is C21H17N3O. The summed E-state index contributed by atoms with van der Waals surface area (Å²) < 4.78 is 5.90. The molecule has 1 aliphatic rings. The predicted molar refractivity (Wildman–Crippen MR) is 95.0 cm³/mol. The molecule has 4 nitrogen and oxygen atoms in total. The topological polar surface area (TPSA) is 58.8 Å².